The number of aromatic nitrogens is 3. The van der Waals surface area contributed by atoms with E-state index >= 15 is 0 Å². The maximum atomic E-state index is 12.6. The average molecular weight is 431 g/mol. The zero-order chi connectivity index (χ0) is 21.4. The van der Waals surface area contributed by atoms with Gasteiger partial charge in [0.2, 0.25) is 5.91 Å². The molecule has 5 aromatic rings. The lowest BCUT2D eigenvalue weighted by Crippen LogP contribution is -2.14. The Morgan fingerprint density at radius 2 is 1.94 bits per heavy atom. The molecule has 0 spiro atoms. The first-order valence-corrected chi connectivity index (χ1v) is 11.1. The number of carbonyl (C=O) groups excluding carboxylic acids is 1. The number of aromatic amines is 1. The van der Waals surface area contributed by atoms with Gasteiger partial charge in [-0.2, -0.15) is 0 Å². The van der Waals surface area contributed by atoms with Gasteiger partial charge in [0.05, 0.1) is 23.9 Å². The summed E-state index contributed by atoms with van der Waals surface area (Å²) in [7, 11) is 1.63. The van der Waals surface area contributed by atoms with Crippen LogP contribution in [0.4, 0.5) is 5.69 Å². The minimum absolute atomic E-state index is 0.0679. The number of anilines is 1. The number of benzene rings is 3. The van der Waals surface area contributed by atoms with Crippen molar-refractivity contribution in [3.05, 3.63) is 60.7 Å². The van der Waals surface area contributed by atoms with E-state index in [4.69, 9.17) is 4.74 Å². The first kappa shape index (κ1) is 19.5. The second-order valence-electron chi connectivity index (χ2n) is 7.26. The summed E-state index contributed by atoms with van der Waals surface area (Å²) >= 11 is 1.38. The number of ether oxygens (including phenoxy) is 1. The number of thioether (sulfide) groups is 1. The predicted molar refractivity (Wildman–Crippen MR) is 127 cm³/mol. The highest BCUT2D eigenvalue weighted by Crippen LogP contribution is 2.31. The maximum Gasteiger partial charge on any atom is 0.234 e. The maximum absolute atomic E-state index is 12.6. The highest BCUT2D eigenvalue weighted by atomic mass is 32.2. The summed E-state index contributed by atoms with van der Waals surface area (Å²) in [5.41, 5.74) is 4.92. The fraction of sp³-hybridized carbons (Fsp3) is 0.167. The smallest absolute Gasteiger partial charge is 0.234 e. The van der Waals surface area contributed by atoms with Crippen molar-refractivity contribution < 1.29 is 9.53 Å². The molecule has 5 rings (SSSR count). The Morgan fingerprint density at radius 1 is 1.10 bits per heavy atom. The molecule has 2 heterocycles. The molecule has 0 bridgehead atoms. The van der Waals surface area contributed by atoms with E-state index < -0.39 is 0 Å². The van der Waals surface area contributed by atoms with Crippen LogP contribution in [-0.4, -0.2) is 33.3 Å². The van der Waals surface area contributed by atoms with Crippen molar-refractivity contribution >= 4 is 56.2 Å². The first-order chi connectivity index (χ1) is 15.2. The van der Waals surface area contributed by atoms with Gasteiger partial charge in [0.1, 0.15) is 5.75 Å². The van der Waals surface area contributed by atoms with Crippen LogP contribution in [-0.2, 0) is 11.3 Å². The van der Waals surface area contributed by atoms with Crippen LogP contribution in [0.3, 0.4) is 0 Å². The van der Waals surface area contributed by atoms with E-state index in [-0.39, 0.29) is 11.7 Å². The zero-order valence-corrected chi connectivity index (χ0v) is 18.1. The largest absolute Gasteiger partial charge is 0.497 e. The third-order valence-electron chi connectivity index (χ3n) is 5.38. The number of H-pyrrole nitrogens is 1. The van der Waals surface area contributed by atoms with Gasteiger partial charge in [-0.25, -0.2) is 4.98 Å². The Hall–Kier alpha value is -3.45. The Kier molecular flexibility index (Phi) is 5.03. The average Bonchev–Trinajstić information content (AvgIpc) is 3.35. The molecule has 0 saturated heterocycles. The van der Waals surface area contributed by atoms with Crippen LogP contribution in [0.1, 0.15) is 6.92 Å². The van der Waals surface area contributed by atoms with E-state index in [0.717, 1.165) is 34.4 Å². The lowest BCUT2D eigenvalue weighted by molar-refractivity contribution is -0.113. The minimum atomic E-state index is -0.0679. The summed E-state index contributed by atoms with van der Waals surface area (Å²) in [6.45, 7) is 3.04. The molecule has 2 aromatic heterocycles. The molecule has 0 radical (unpaired) electrons. The van der Waals surface area contributed by atoms with Crippen molar-refractivity contribution in [3.63, 3.8) is 0 Å². The topological polar surface area (TPSA) is 71.9 Å². The minimum Gasteiger partial charge on any atom is -0.497 e. The molecule has 6 nitrogen and oxygen atoms in total. The van der Waals surface area contributed by atoms with Crippen LogP contribution in [0.5, 0.6) is 5.75 Å². The molecule has 1 amide bonds. The predicted octanol–water partition coefficient (Wildman–Crippen LogP) is 5.43. The Morgan fingerprint density at radius 3 is 2.77 bits per heavy atom. The summed E-state index contributed by atoms with van der Waals surface area (Å²) in [5.74, 6) is 0.970. The Bertz CT molecular complexity index is 1420. The molecule has 0 aliphatic rings. The van der Waals surface area contributed by atoms with E-state index in [0.29, 0.717) is 5.16 Å². The number of hydrogen-bond donors (Lipinski definition) is 2. The second kappa shape index (κ2) is 8.00. The molecular formula is C24H22N4O2S. The number of hydrogen-bond acceptors (Lipinski definition) is 4. The Balaban J connectivity index is 1.33. The number of methoxy groups -OCH3 is 1. The molecule has 0 unspecified atom stereocenters. The number of amides is 1. The van der Waals surface area contributed by atoms with Gasteiger partial charge in [0.15, 0.2) is 5.16 Å². The molecule has 0 aliphatic carbocycles. The van der Waals surface area contributed by atoms with Crippen LogP contribution < -0.4 is 10.1 Å². The van der Waals surface area contributed by atoms with Crippen molar-refractivity contribution in [1.29, 1.82) is 0 Å². The third kappa shape index (κ3) is 3.61. The van der Waals surface area contributed by atoms with Crippen molar-refractivity contribution in [3.8, 4) is 5.75 Å². The summed E-state index contributed by atoms with van der Waals surface area (Å²) in [6.07, 6.45) is 0. The lowest BCUT2D eigenvalue weighted by atomic mass is 10.1. The van der Waals surface area contributed by atoms with Crippen molar-refractivity contribution in [2.75, 3.05) is 18.2 Å². The van der Waals surface area contributed by atoms with Crippen LogP contribution in [0, 0.1) is 0 Å². The van der Waals surface area contributed by atoms with Gasteiger partial charge < -0.3 is 19.6 Å². The van der Waals surface area contributed by atoms with E-state index in [2.05, 4.69) is 57.1 Å². The highest BCUT2D eigenvalue weighted by molar-refractivity contribution is 7.99. The molecular weight excluding hydrogens is 408 g/mol. The van der Waals surface area contributed by atoms with E-state index in [1.807, 2.05) is 30.3 Å². The first-order valence-electron chi connectivity index (χ1n) is 10.1. The van der Waals surface area contributed by atoms with Crippen molar-refractivity contribution in [2.45, 2.75) is 18.6 Å². The summed E-state index contributed by atoms with van der Waals surface area (Å²) in [4.78, 5) is 20.3. The number of carbonyl (C=O) groups is 1. The molecule has 0 atom stereocenters. The standard InChI is InChI=1S/C24H22N4O2S/c1-3-28-21-7-5-4-6-17(21)18-12-15(8-11-22(18)28)25-23(29)14-31-24-26-19-10-9-16(30-2)13-20(19)27-24/h4-13H,3,14H2,1-2H3,(H,25,29)(H,26,27). The molecule has 156 valence electrons. The fourth-order valence-electron chi connectivity index (χ4n) is 3.96. The van der Waals surface area contributed by atoms with E-state index in [1.54, 1.807) is 7.11 Å². The van der Waals surface area contributed by atoms with Crippen molar-refractivity contribution in [2.24, 2.45) is 0 Å². The van der Waals surface area contributed by atoms with Gasteiger partial charge in [-0.05, 0) is 43.3 Å². The van der Waals surface area contributed by atoms with Crippen LogP contribution >= 0.6 is 11.8 Å². The van der Waals surface area contributed by atoms with Gasteiger partial charge in [0.25, 0.3) is 0 Å². The highest BCUT2D eigenvalue weighted by Gasteiger charge is 2.12. The molecule has 3 aromatic carbocycles. The molecule has 0 saturated carbocycles. The summed E-state index contributed by atoms with van der Waals surface area (Å²) < 4.78 is 7.54. The van der Waals surface area contributed by atoms with Gasteiger partial charge in [-0.1, -0.05) is 30.0 Å². The van der Waals surface area contributed by atoms with Gasteiger partial charge in [0, 0.05) is 40.1 Å². The van der Waals surface area contributed by atoms with Crippen LogP contribution in [0.25, 0.3) is 32.8 Å². The number of nitrogens with zero attached hydrogens (tertiary/aromatic N) is 2. The number of fused-ring (bicyclic) bond motifs is 4. The molecule has 2 N–H and O–H groups in total. The van der Waals surface area contributed by atoms with Gasteiger partial charge >= 0.3 is 0 Å². The number of nitrogens with one attached hydrogen (secondary N) is 2. The third-order valence-corrected chi connectivity index (χ3v) is 6.25. The Labute approximate surface area is 183 Å². The summed E-state index contributed by atoms with van der Waals surface area (Å²) in [6, 6.07) is 20.1. The number of imidazole rings is 1. The van der Waals surface area contributed by atoms with Gasteiger partial charge in [-0.3, -0.25) is 4.79 Å². The lowest BCUT2D eigenvalue weighted by Gasteiger charge is -2.06. The van der Waals surface area contributed by atoms with Crippen LogP contribution in [0.15, 0.2) is 65.8 Å². The fourth-order valence-corrected chi connectivity index (χ4v) is 4.65. The zero-order valence-electron chi connectivity index (χ0n) is 17.3. The number of para-hydroxylation sites is 1. The van der Waals surface area contributed by atoms with Gasteiger partial charge in [-0.15, -0.1) is 0 Å². The van der Waals surface area contributed by atoms with E-state index in [9.17, 15) is 4.79 Å². The molecule has 31 heavy (non-hydrogen) atoms. The van der Waals surface area contributed by atoms with E-state index in [1.165, 1.54) is 28.2 Å². The number of aryl methyl sites for hydroxylation is 1. The summed E-state index contributed by atoms with van der Waals surface area (Å²) in [5, 5.41) is 6.07. The second-order valence-corrected chi connectivity index (χ2v) is 8.22. The normalized spacial score (nSPS) is 11.4. The SMILES string of the molecule is CCn1c2ccccc2c2cc(NC(=O)CSc3nc4ccc(OC)cc4[nH]3)ccc21. The molecule has 7 heteroatoms. The number of rotatable bonds is 6. The molecule has 0 aliphatic heterocycles. The molecule has 0 fully saturated rings. The monoisotopic (exact) mass is 430 g/mol. The quantitative estimate of drug-likeness (QED) is 0.352. The van der Waals surface area contributed by atoms with Crippen LogP contribution in [0.2, 0.25) is 0 Å². The van der Waals surface area contributed by atoms with Crippen molar-refractivity contribution in [1.82, 2.24) is 14.5 Å².